The third-order valence-corrected chi connectivity index (χ3v) is 3.98. The summed E-state index contributed by atoms with van der Waals surface area (Å²) in [4.78, 5) is 0. The molecule has 1 N–H and O–H groups in total. The van der Waals surface area contributed by atoms with E-state index in [2.05, 4.69) is 71.1 Å². The van der Waals surface area contributed by atoms with E-state index in [1.807, 2.05) is 7.05 Å². The summed E-state index contributed by atoms with van der Waals surface area (Å²) in [5.41, 5.74) is 3.44. The second-order valence-electron chi connectivity index (χ2n) is 7.77. The van der Waals surface area contributed by atoms with E-state index in [0.717, 1.165) is 13.0 Å². The summed E-state index contributed by atoms with van der Waals surface area (Å²) < 4.78 is 0. The van der Waals surface area contributed by atoms with Crippen LogP contribution in [0.2, 0.25) is 0 Å². The molecule has 0 heterocycles. The van der Waals surface area contributed by atoms with Gasteiger partial charge < -0.3 is 5.32 Å². The maximum Gasteiger partial charge on any atom is -0.00153 e. The van der Waals surface area contributed by atoms with Gasteiger partial charge in [-0.15, -0.1) is 0 Å². The Balaban J connectivity index is 2.81. The molecule has 19 heavy (non-hydrogen) atoms. The quantitative estimate of drug-likeness (QED) is 0.846. The van der Waals surface area contributed by atoms with Crippen LogP contribution in [0.5, 0.6) is 0 Å². The fraction of sp³-hybridized carbons (Fsp3) is 0.667. The summed E-state index contributed by atoms with van der Waals surface area (Å²) in [6, 6.07) is 9.17. The van der Waals surface area contributed by atoms with Crippen LogP contribution in [0.4, 0.5) is 0 Å². The second kappa shape index (κ2) is 6.09. The van der Waals surface area contributed by atoms with Gasteiger partial charge in [0.15, 0.2) is 0 Å². The van der Waals surface area contributed by atoms with Gasteiger partial charge in [0.25, 0.3) is 0 Å². The maximum atomic E-state index is 3.33. The molecule has 1 rings (SSSR count). The molecule has 1 atom stereocenters. The van der Waals surface area contributed by atoms with Gasteiger partial charge in [-0.3, -0.25) is 0 Å². The lowest BCUT2D eigenvalue weighted by Crippen LogP contribution is -2.31. The molecule has 0 fully saturated rings. The summed E-state index contributed by atoms with van der Waals surface area (Å²) in [5.74, 6) is 0.665. The van der Waals surface area contributed by atoms with Crippen molar-refractivity contribution in [2.75, 3.05) is 13.6 Å². The highest BCUT2D eigenvalue weighted by atomic mass is 14.8. The first-order chi connectivity index (χ1) is 8.64. The molecule has 1 aromatic rings. The predicted octanol–water partition coefficient (Wildman–Crippen LogP) is 4.41. The van der Waals surface area contributed by atoms with Crippen molar-refractivity contribution in [1.29, 1.82) is 0 Å². The van der Waals surface area contributed by atoms with Crippen LogP contribution < -0.4 is 5.32 Å². The van der Waals surface area contributed by atoms with Crippen LogP contribution in [0.3, 0.4) is 0 Å². The number of nitrogens with one attached hydrogen (secondary N) is 1. The smallest absolute Gasteiger partial charge is 0.00153 e. The monoisotopic (exact) mass is 261 g/mol. The molecule has 0 saturated carbocycles. The molecule has 1 unspecified atom stereocenters. The lowest BCUT2D eigenvalue weighted by Gasteiger charge is -2.31. The Morgan fingerprint density at radius 3 is 1.84 bits per heavy atom. The molecule has 1 aromatic carbocycles. The molecule has 0 spiro atoms. The summed E-state index contributed by atoms with van der Waals surface area (Å²) >= 11 is 0. The Labute approximate surface area is 119 Å². The predicted molar refractivity (Wildman–Crippen MR) is 85.7 cm³/mol. The summed E-state index contributed by atoms with van der Waals surface area (Å²) in [6.07, 6.45) is 1.15. The second-order valence-corrected chi connectivity index (χ2v) is 7.77. The molecule has 1 nitrogen and oxygen atoms in total. The Bertz CT molecular complexity index is 376. The van der Waals surface area contributed by atoms with Crippen molar-refractivity contribution in [2.24, 2.45) is 11.3 Å². The fourth-order valence-electron chi connectivity index (χ4n) is 2.36. The third kappa shape index (κ3) is 4.99. The van der Waals surface area contributed by atoms with Gasteiger partial charge in [-0.25, -0.2) is 0 Å². The Morgan fingerprint density at radius 1 is 0.947 bits per heavy atom. The first-order valence-corrected chi connectivity index (χ1v) is 7.38. The molecule has 0 aromatic heterocycles. The minimum atomic E-state index is 0.243. The van der Waals surface area contributed by atoms with E-state index in [-0.39, 0.29) is 5.41 Å². The van der Waals surface area contributed by atoms with Crippen LogP contribution in [0, 0.1) is 11.3 Å². The van der Waals surface area contributed by atoms with Gasteiger partial charge in [0, 0.05) is 0 Å². The Kier molecular flexibility index (Phi) is 5.20. The minimum Gasteiger partial charge on any atom is -0.319 e. The topological polar surface area (TPSA) is 12.0 Å². The van der Waals surface area contributed by atoms with Crippen LogP contribution >= 0.6 is 0 Å². The van der Waals surface area contributed by atoms with E-state index >= 15 is 0 Å². The van der Waals surface area contributed by atoms with Crippen LogP contribution in [0.1, 0.15) is 52.7 Å². The Morgan fingerprint density at radius 2 is 1.47 bits per heavy atom. The first kappa shape index (κ1) is 16.2. The minimum absolute atomic E-state index is 0.243. The van der Waals surface area contributed by atoms with Crippen molar-refractivity contribution in [1.82, 2.24) is 5.32 Å². The highest BCUT2D eigenvalue weighted by Gasteiger charge is 2.24. The van der Waals surface area contributed by atoms with E-state index < -0.39 is 0 Å². The summed E-state index contributed by atoms with van der Waals surface area (Å²) in [6.45, 7) is 14.9. The van der Waals surface area contributed by atoms with Gasteiger partial charge in [0.1, 0.15) is 0 Å². The summed E-state index contributed by atoms with van der Waals surface area (Å²) in [5, 5.41) is 3.33. The molecule has 0 bridgehead atoms. The normalized spacial score (nSPS) is 14.5. The highest BCUT2D eigenvalue weighted by Crippen LogP contribution is 2.29. The zero-order chi connectivity index (χ0) is 14.7. The molecule has 0 saturated heterocycles. The molecule has 0 amide bonds. The van der Waals surface area contributed by atoms with Gasteiger partial charge in [0.2, 0.25) is 0 Å². The molecular weight excluding hydrogens is 230 g/mol. The maximum absolute atomic E-state index is 3.33. The first-order valence-electron chi connectivity index (χ1n) is 7.38. The molecule has 1 heteroatoms. The molecule has 108 valence electrons. The van der Waals surface area contributed by atoms with E-state index in [9.17, 15) is 0 Å². The zero-order valence-electron chi connectivity index (χ0n) is 13.8. The molecule has 0 aliphatic carbocycles. The third-order valence-electron chi connectivity index (χ3n) is 3.98. The lowest BCUT2D eigenvalue weighted by molar-refractivity contribution is 0.235. The van der Waals surface area contributed by atoms with E-state index in [4.69, 9.17) is 0 Å². The van der Waals surface area contributed by atoms with Gasteiger partial charge in [-0.05, 0) is 47.9 Å². The van der Waals surface area contributed by atoms with E-state index in [1.54, 1.807) is 0 Å². The lowest BCUT2D eigenvalue weighted by atomic mass is 9.77. The zero-order valence-corrected chi connectivity index (χ0v) is 13.8. The molecule has 0 aliphatic heterocycles. The average Bonchev–Trinajstić information content (AvgIpc) is 2.26. The van der Waals surface area contributed by atoms with Crippen molar-refractivity contribution in [3.8, 4) is 0 Å². The Hall–Kier alpha value is -0.820. The van der Waals surface area contributed by atoms with E-state index in [1.165, 1.54) is 11.1 Å². The van der Waals surface area contributed by atoms with Gasteiger partial charge in [-0.2, -0.15) is 0 Å². The fourth-order valence-corrected chi connectivity index (χ4v) is 2.36. The SMILES string of the molecule is CNCC(Cc1ccc(C(C)(C)C)cc1)C(C)(C)C. The number of benzene rings is 1. The van der Waals surface area contributed by atoms with Crippen LogP contribution in [0.15, 0.2) is 24.3 Å². The van der Waals surface area contributed by atoms with Gasteiger partial charge in [-0.1, -0.05) is 65.8 Å². The highest BCUT2D eigenvalue weighted by molar-refractivity contribution is 5.27. The molecular formula is C18H31N. The average molecular weight is 261 g/mol. The van der Waals surface area contributed by atoms with Crippen molar-refractivity contribution < 1.29 is 0 Å². The van der Waals surface area contributed by atoms with Gasteiger partial charge >= 0.3 is 0 Å². The van der Waals surface area contributed by atoms with Crippen molar-refractivity contribution in [2.45, 2.75) is 53.4 Å². The van der Waals surface area contributed by atoms with E-state index in [0.29, 0.717) is 11.3 Å². The van der Waals surface area contributed by atoms with Gasteiger partial charge in [0.05, 0.1) is 0 Å². The van der Waals surface area contributed by atoms with Crippen LogP contribution in [-0.2, 0) is 11.8 Å². The number of hydrogen-bond donors (Lipinski definition) is 1. The largest absolute Gasteiger partial charge is 0.319 e. The molecule has 0 aliphatic rings. The standard InChI is InChI=1S/C18H31N/c1-17(2,3)15-10-8-14(9-11-15)12-16(13-19-7)18(4,5)6/h8-11,16,19H,12-13H2,1-7H3. The number of rotatable bonds is 4. The van der Waals surface area contributed by atoms with Crippen LogP contribution in [0.25, 0.3) is 0 Å². The van der Waals surface area contributed by atoms with Crippen LogP contribution in [-0.4, -0.2) is 13.6 Å². The summed E-state index contributed by atoms with van der Waals surface area (Å²) in [7, 11) is 2.04. The van der Waals surface area contributed by atoms with Crippen molar-refractivity contribution in [3.05, 3.63) is 35.4 Å². The van der Waals surface area contributed by atoms with Crippen molar-refractivity contribution >= 4 is 0 Å². The number of hydrogen-bond acceptors (Lipinski definition) is 1. The molecule has 0 radical (unpaired) electrons. The van der Waals surface area contributed by atoms with Crippen molar-refractivity contribution in [3.63, 3.8) is 0 Å².